The monoisotopic (exact) mass is 602 g/mol. The molecule has 0 spiro atoms. The fraction of sp³-hybridized carbons (Fsp3) is 0.821. The Hall–Kier alpha value is -0.269. The molecule has 2 aliphatic rings. The normalized spacial score (nSPS) is 26.3. The van der Waals surface area contributed by atoms with Crippen LogP contribution in [0.25, 0.3) is 0 Å². The molecule has 0 aromatic carbocycles. The Kier molecular flexibility index (Phi) is 9.99. The van der Waals surface area contributed by atoms with Crippen molar-refractivity contribution in [3.05, 3.63) is 24.7 Å². The predicted molar refractivity (Wildman–Crippen MR) is 169 cm³/mol. The van der Waals surface area contributed by atoms with E-state index in [0.29, 0.717) is 17.6 Å². The first kappa shape index (κ1) is 33.9. The van der Waals surface area contributed by atoms with Crippen molar-refractivity contribution in [1.29, 1.82) is 0 Å². The number of allylic oxidation sites excluding steroid dienone is 1. The van der Waals surface area contributed by atoms with Crippen LogP contribution in [0.4, 0.5) is 0 Å². The Bertz CT molecular complexity index is 930. The van der Waals surface area contributed by atoms with Gasteiger partial charge in [0.15, 0.2) is 31.2 Å². The molecule has 38 heavy (non-hydrogen) atoms. The zero-order valence-electron chi connectivity index (χ0n) is 26.8. The minimum absolute atomic E-state index is 0.0189. The molecule has 0 radical (unpaired) electrons. The molecular formula is C28H55ClN2O4Si3. The summed E-state index contributed by atoms with van der Waals surface area (Å²) in [6.45, 7) is 38.7. The van der Waals surface area contributed by atoms with E-state index in [1.165, 1.54) is 0 Å². The van der Waals surface area contributed by atoms with E-state index >= 15 is 0 Å². The van der Waals surface area contributed by atoms with Crippen molar-refractivity contribution < 1.29 is 18.0 Å². The van der Waals surface area contributed by atoms with E-state index in [2.05, 4.69) is 113 Å². The Labute approximate surface area is 241 Å². The maximum atomic E-state index is 7.18. The van der Waals surface area contributed by atoms with Crippen molar-refractivity contribution in [2.24, 2.45) is 4.99 Å². The lowest BCUT2D eigenvalue weighted by atomic mass is 10.1. The second kappa shape index (κ2) is 11.2. The van der Waals surface area contributed by atoms with Gasteiger partial charge in [-0.2, -0.15) is 0 Å². The smallest absolute Gasteiger partial charge is 0.192 e. The van der Waals surface area contributed by atoms with Gasteiger partial charge in [0.2, 0.25) is 0 Å². The summed E-state index contributed by atoms with van der Waals surface area (Å²) >= 11 is 6.20. The second-order valence-electron chi connectivity index (χ2n) is 15.4. The molecule has 2 unspecified atom stereocenters. The maximum Gasteiger partial charge on any atom is 0.192 e. The van der Waals surface area contributed by atoms with Crippen LogP contribution in [0.15, 0.2) is 29.7 Å². The number of hydrogen-bond acceptors (Lipinski definition) is 6. The van der Waals surface area contributed by atoms with Gasteiger partial charge in [0.1, 0.15) is 29.3 Å². The molecule has 6 nitrogen and oxygen atoms in total. The van der Waals surface area contributed by atoms with Crippen LogP contribution in [0.5, 0.6) is 0 Å². The Balaban J connectivity index is 2.58. The highest BCUT2D eigenvalue weighted by atomic mass is 35.5. The van der Waals surface area contributed by atoms with E-state index in [0.717, 1.165) is 0 Å². The van der Waals surface area contributed by atoms with E-state index in [-0.39, 0.29) is 33.4 Å². The largest absolute Gasteiger partial charge is 0.414 e. The van der Waals surface area contributed by atoms with Gasteiger partial charge in [0, 0.05) is 6.20 Å². The summed E-state index contributed by atoms with van der Waals surface area (Å²) < 4.78 is 27.9. The highest BCUT2D eigenvalue weighted by molar-refractivity contribution is 6.75. The molecule has 0 aromatic heterocycles. The molecule has 2 rings (SSSR count). The van der Waals surface area contributed by atoms with E-state index in [9.17, 15) is 0 Å². The molecular weight excluding hydrogens is 548 g/mol. The van der Waals surface area contributed by atoms with Crippen LogP contribution in [0.1, 0.15) is 62.3 Å². The zero-order valence-corrected chi connectivity index (χ0v) is 30.5. The van der Waals surface area contributed by atoms with E-state index in [1.54, 1.807) is 6.08 Å². The topological polar surface area (TPSA) is 52.5 Å². The van der Waals surface area contributed by atoms with Crippen LogP contribution < -0.4 is 0 Å². The third kappa shape index (κ3) is 7.51. The third-order valence-corrected chi connectivity index (χ3v) is 23.0. The summed E-state index contributed by atoms with van der Waals surface area (Å²) in [5.74, 6) is 0.531. The van der Waals surface area contributed by atoms with Crippen LogP contribution in [0.2, 0.25) is 54.4 Å². The maximum absolute atomic E-state index is 7.18. The molecule has 0 bridgehead atoms. The summed E-state index contributed by atoms with van der Waals surface area (Å²) in [5, 5.41) is 0.542. The van der Waals surface area contributed by atoms with Crippen LogP contribution in [-0.4, -0.2) is 66.2 Å². The van der Waals surface area contributed by atoms with Crippen molar-refractivity contribution in [3.8, 4) is 0 Å². The standard InChI is InChI=1S/C28H55ClN2O4Si3/c1-20-30-22(29)17-18-31(20)25-24(35-38(15,16)28(8,9)10)23(34-37(13,14)27(5,6)7)21(33-25)19-32-36(11,12)26(2,3)4/h17-18,21,23-25H,1,19H2,2-16H3/t21-,23?,24?,25-/m1/s1. The zero-order chi connectivity index (χ0) is 29.7. The van der Waals surface area contributed by atoms with Crippen molar-refractivity contribution in [2.45, 2.75) is 141 Å². The summed E-state index contributed by atoms with van der Waals surface area (Å²) in [5.41, 5.74) is 0. The first-order valence-corrected chi connectivity index (χ1v) is 23.0. The highest BCUT2D eigenvalue weighted by Crippen LogP contribution is 2.45. The van der Waals surface area contributed by atoms with Crippen LogP contribution in [0, 0.1) is 0 Å². The molecule has 0 N–H and O–H groups in total. The van der Waals surface area contributed by atoms with Gasteiger partial charge in [-0.1, -0.05) is 80.5 Å². The molecule has 2 aliphatic heterocycles. The molecule has 0 saturated carbocycles. The number of halogens is 1. The van der Waals surface area contributed by atoms with Gasteiger partial charge in [0.25, 0.3) is 0 Å². The Morgan fingerprint density at radius 3 is 1.71 bits per heavy atom. The van der Waals surface area contributed by atoms with Crippen molar-refractivity contribution in [2.75, 3.05) is 6.61 Å². The van der Waals surface area contributed by atoms with Gasteiger partial charge in [0.05, 0.1) is 6.61 Å². The molecule has 0 aliphatic carbocycles. The predicted octanol–water partition coefficient (Wildman–Crippen LogP) is 8.45. The van der Waals surface area contributed by atoms with Gasteiger partial charge in [-0.05, 0) is 60.5 Å². The summed E-state index contributed by atoms with van der Waals surface area (Å²) in [6.07, 6.45) is 2.29. The summed E-state index contributed by atoms with van der Waals surface area (Å²) in [7, 11) is -6.42. The molecule has 220 valence electrons. The third-order valence-electron chi connectivity index (χ3n) is 9.35. The summed E-state index contributed by atoms with van der Waals surface area (Å²) in [6, 6.07) is 0. The van der Waals surface area contributed by atoms with E-state index < -0.39 is 31.2 Å². The fourth-order valence-electron chi connectivity index (χ4n) is 3.55. The first-order valence-electron chi connectivity index (χ1n) is 13.9. The summed E-state index contributed by atoms with van der Waals surface area (Å²) in [4.78, 5) is 6.36. The van der Waals surface area contributed by atoms with E-state index in [4.69, 9.17) is 29.6 Å². The lowest BCUT2D eigenvalue weighted by Gasteiger charge is -2.45. The number of aliphatic imine (C=N–C) groups is 1. The number of hydrogen-bond donors (Lipinski definition) is 0. The molecule has 1 fully saturated rings. The number of nitrogens with zero attached hydrogens (tertiary/aromatic N) is 2. The molecule has 4 atom stereocenters. The number of rotatable bonds is 8. The molecule has 2 heterocycles. The SMILES string of the molecule is C=C1N=C(Cl)C=CN1[C@@H]1O[C@H](CO[Si](C)(C)C(C)(C)C)C(O[Si](C)(C)C(C)(C)C)C1O[Si](C)(C)C(C)(C)C. The van der Waals surface area contributed by atoms with Crippen LogP contribution in [-0.2, 0) is 18.0 Å². The first-order chi connectivity index (χ1) is 16.8. The average Bonchev–Trinajstić information content (AvgIpc) is 3.00. The van der Waals surface area contributed by atoms with Gasteiger partial charge < -0.3 is 22.9 Å². The molecule has 0 aromatic rings. The minimum atomic E-state index is -2.21. The Morgan fingerprint density at radius 1 is 0.842 bits per heavy atom. The average molecular weight is 603 g/mol. The second-order valence-corrected chi connectivity index (χ2v) is 30.1. The van der Waals surface area contributed by atoms with Crippen molar-refractivity contribution in [1.82, 2.24) is 4.90 Å². The molecule has 0 amide bonds. The Morgan fingerprint density at radius 2 is 1.29 bits per heavy atom. The van der Waals surface area contributed by atoms with Gasteiger partial charge >= 0.3 is 0 Å². The molecule has 10 heteroatoms. The lowest BCUT2D eigenvalue weighted by Crippen LogP contribution is -2.56. The van der Waals surface area contributed by atoms with Crippen LogP contribution in [0.3, 0.4) is 0 Å². The van der Waals surface area contributed by atoms with Gasteiger partial charge in [-0.15, -0.1) is 0 Å². The van der Waals surface area contributed by atoms with Crippen molar-refractivity contribution >= 4 is 41.7 Å². The molecule has 1 saturated heterocycles. The van der Waals surface area contributed by atoms with E-state index in [1.807, 2.05) is 11.1 Å². The van der Waals surface area contributed by atoms with Gasteiger partial charge in [-0.25, -0.2) is 4.99 Å². The fourth-order valence-corrected chi connectivity index (χ4v) is 7.32. The minimum Gasteiger partial charge on any atom is -0.414 e. The van der Waals surface area contributed by atoms with Crippen molar-refractivity contribution in [3.63, 3.8) is 0 Å². The quantitative estimate of drug-likeness (QED) is 0.261. The lowest BCUT2D eigenvalue weighted by molar-refractivity contribution is -0.0654. The van der Waals surface area contributed by atoms with Gasteiger partial charge in [-0.3, -0.25) is 0 Å². The number of ether oxygens (including phenoxy) is 1. The van der Waals surface area contributed by atoms with Crippen LogP contribution >= 0.6 is 11.6 Å². The highest BCUT2D eigenvalue weighted by Gasteiger charge is 2.55.